The lowest BCUT2D eigenvalue weighted by Crippen LogP contribution is -2.45. The van der Waals surface area contributed by atoms with Gasteiger partial charge in [-0.3, -0.25) is 4.79 Å². The molecule has 31 heavy (non-hydrogen) atoms. The molecular weight excluding hydrogens is 390 g/mol. The molecule has 0 bridgehead atoms. The van der Waals surface area contributed by atoms with Crippen LogP contribution in [0.3, 0.4) is 0 Å². The first kappa shape index (κ1) is 21.4. The molecule has 4 rings (SSSR count). The van der Waals surface area contributed by atoms with Crippen molar-refractivity contribution in [3.8, 4) is 5.75 Å². The van der Waals surface area contributed by atoms with E-state index in [9.17, 15) is 4.79 Å². The van der Waals surface area contributed by atoms with Crippen LogP contribution in [-0.4, -0.2) is 49.2 Å². The highest BCUT2D eigenvalue weighted by molar-refractivity contribution is 6.00. The molecule has 1 amide bonds. The highest BCUT2D eigenvalue weighted by atomic mass is 16.5. The summed E-state index contributed by atoms with van der Waals surface area (Å²) in [6, 6.07) is 8.51. The molecule has 1 N–H and O–H groups in total. The molecule has 7 heteroatoms. The number of anilines is 3. The van der Waals surface area contributed by atoms with Crippen molar-refractivity contribution < 1.29 is 9.53 Å². The molecule has 1 saturated carbocycles. The standard InChI is InChI=1S/C24H33N5O2/c1-24(2)16-29(18-9-5-6-10-18)21-20(28(3)22(24)30)15-26-23(27-21)25-13-12-17-8-7-11-19(14-17)31-4/h7-8,11,14-15,18H,5-6,9-10,12-13,16H2,1-4H3,(H,25,26,27). The molecule has 0 saturated heterocycles. The van der Waals surface area contributed by atoms with Crippen molar-refractivity contribution in [1.29, 1.82) is 0 Å². The minimum Gasteiger partial charge on any atom is -0.497 e. The molecule has 1 aromatic carbocycles. The Hall–Kier alpha value is -2.83. The third-order valence-electron chi connectivity index (χ3n) is 6.43. The summed E-state index contributed by atoms with van der Waals surface area (Å²) in [6.07, 6.45) is 7.40. The average molecular weight is 424 g/mol. The van der Waals surface area contributed by atoms with E-state index in [1.165, 1.54) is 18.4 Å². The summed E-state index contributed by atoms with van der Waals surface area (Å²) >= 11 is 0. The molecule has 1 aromatic heterocycles. The smallest absolute Gasteiger partial charge is 0.234 e. The van der Waals surface area contributed by atoms with Crippen LogP contribution < -0.4 is 19.9 Å². The van der Waals surface area contributed by atoms with Crippen molar-refractivity contribution in [3.63, 3.8) is 0 Å². The minimum atomic E-state index is -0.474. The van der Waals surface area contributed by atoms with Crippen LogP contribution >= 0.6 is 0 Å². The van der Waals surface area contributed by atoms with E-state index >= 15 is 0 Å². The SMILES string of the molecule is COc1cccc(CCNc2ncc3c(n2)N(C2CCCC2)CC(C)(C)C(=O)N3C)c1. The highest BCUT2D eigenvalue weighted by Gasteiger charge is 2.41. The summed E-state index contributed by atoms with van der Waals surface area (Å²) in [5, 5.41) is 3.37. The second-order valence-electron chi connectivity index (χ2n) is 9.24. The molecular formula is C24H33N5O2. The largest absolute Gasteiger partial charge is 0.497 e. The van der Waals surface area contributed by atoms with E-state index in [-0.39, 0.29) is 5.91 Å². The first-order chi connectivity index (χ1) is 14.9. The number of fused-ring (bicyclic) bond motifs is 1. The number of benzene rings is 1. The van der Waals surface area contributed by atoms with E-state index < -0.39 is 5.41 Å². The van der Waals surface area contributed by atoms with Crippen molar-refractivity contribution in [2.24, 2.45) is 5.41 Å². The van der Waals surface area contributed by atoms with Gasteiger partial charge in [-0.25, -0.2) is 4.98 Å². The molecule has 1 aliphatic heterocycles. The van der Waals surface area contributed by atoms with Gasteiger partial charge in [0.05, 0.1) is 18.7 Å². The van der Waals surface area contributed by atoms with Crippen molar-refractivity contribution in [1.82, 2.24) is 9.97 Å². The van der Waals surface area contributed by atoms with Gasteiger partial charge in [0.2, 0.25) is 11.9 Å². The summed E-state index contributed by atoms with van der Waals surface area (Å²) in [6.45, 7) is 5.45. The zero-order valence-corrected chi connectivity index (χ0v) is 19.0. The maximum atomic E-state index is 13.1. The number of carbonyl (C=O) groups is 1. The van der Waals surface area contributed by atoms with Crippen molar-refractivity contribution in [3.05, 3.63) is 36.0 Å². The number of hydrogen-bond donors (Lipinski definition) is 1. The molecule has 1 fully saturated rings. The van der Waals surface area contributed by atoms with E-state index in [4.69, 9.17) is 9.72 Å². The number of rotatable bonds is 6. The van der Waals surface area contributed by atoms with E-state index in [0.717, 1.165) is 43.1 Å². The van der Waals surface area contributed by atoms with Gasteiger partial charge in [-0.05, 0) is 50.8 Å². The lowest BCUT2D eigenvalue weighted by atomic mass is 9.91. The Balaban J connectivity index is 1.56. The second kappa shape index (κ2) is 8.73. The third kappa shape index (κ3) is 4.45. The molecule has 2 heterocycles. The quantitative estimate of drug-likeness (QED) is 0.760. The number of amides is 1. The van der Waals surface area contributed by atoms with Crippen LogP contribution in [0.25, 0.3) is 0 Å². The zero-order chi connectivity index (χ0) is 22.0. The molecule has 0 unspecified atom stereocenters. The summed E-state index contributed by atoms with van der Waals surface area (Å²) in [5.74, 6) is 2.44. The Morgan fingerprint density at radius 3 is 2.77 bits per heavy atom. The van der Waals surface area contributed by atoms with Gasteiger partial charge in [-0.2, -0.15) is 4.98 Å². The predicted octanol–water partition coefficient (Wildman–Crippen LogP) is 3.89. The normalized spacial score (nSPS) is 18.6. The number of nitrogens with one attached hydrogen (secondary N) is 1. The van der Waals surface area contributed by atoms with E-state index in [1.807, 2.05) is 39.1 Å². The fourth-order valence-corrected chi connectivity index (χ4v) is 4.70. The number of hydrogen-bond acceptors (Lipinski definition) is 6. The molecule has 2 aromatic rings. The van der Waals surface area contributed by atoms with Crippen LogP contribution in [-0.2, 0) is 11.2 Å². The minimum absolute atomic E-state index is 0.108. The predicted molar refractivity (Wildman–Crippen MR) is 124 cm³/mol. The maximum Gasteiger partial charge on any atom is 0.234 e. The fraction of sp³-hybridized carbons (Fsp3) is 0.542. The van der Waals surface area contributed by atoms with Gasteiger partial charge in [0.15, 0.2) is 5.82 Å². The lowest BCUT2D eigenvalue weighted by molar-refractivity contribution is -0.125. The summed E-state index contributed by atoms with van der Waals surface area (Å²) in [7, 11) is 3.51. The maximum absolute atomic E-state index is 13.1. The van der Waals surface area contributed by atoms with Gasteiger partial charge in [-0.15, -0.1) is 0 Å². The zero-order valence-electron chi connectivity index (χ0n) is 19.0. The molecule has 0 atom stereocenters. The Morgan fingerprint density at radius 2 is 2.03 bits per heavy atom. The number of nitrogens with zero attached hydrogens (tertiary/aromatic N) is 4. The summed E-state index contributed by atoms with van der Waals surface area (Å²) in [4.78, 5) is 26.6. The van der Waals surface area contributed by atoms with Crippen LogP contribution in [0.5, 0.6) is 5.75 Å². The number of ether oxygens (including phenoxy) is 1. The summed E-state index contributed by atoms with van der Waals surface area (Å²) in [5.41, 5.74) is 1.51. The molecule has 166 valence electrons. The van der Waals surface area contributed by atoms with Crippen LogP contribution in [0, 0.1) is 5.41 Å². The van der Waals surface area contributed by atoms with Crippen molar-refractivity contribution in [2.45, 2.75) is 52.0 Å². The lowest BCUT2D eigenvalue weighted by Gasteiger charge is -2.34. The third-order valence-corrected chi connectivity index (χ3v) is 6.43. The van der Waals surface area contributed by atoms with Gasteiger partial charge >= 0.3 is 0 Å². The van der Waals surface area contributed by atoms with Gasteiger partial charge in [0, 0.05) is 26.2 Å². The van der Waals surface area contributed by atoms with Crippen LogP contribution in [0.1, 0.15) is 45.1 Å². The Kier molecular flexibility index (Phi) is 6.03. The molecule has 0 spiro atoms. The number of methoxy groups -OCH3 is 1. The van der Waals surface area contributed by atoms with Gasteiger partial charge in [0.25, 0.3) is 0 Å². The Labute approximate surface area is 184 Å². The molecule has 7 nitrogen and oxygen atoms in total. The van der Waals surface area contributed by atoms with E-state index in [0.29, 0.717) is 18.5 Å². The first-order valence-electron chi connectivity index (χ1n) is 11.2. The summed E-state index contributed by atoms with van der Waals surface area (Å²) < 4.78 is 5.31. The van der Waals surface area contributed by atoms with E-state index in [2.05, 4.69) is 21.3 Å². The number of aromatic nitrogens is 2. The van der Waals surface area contributed by atoms with Crippen molar-refractivity contribution >= 4 is 23.4 Å². The van der Waals surface area contributed by atoms with Gasteiger partial charge in [-0.1, -0.05) is 25.0 Å². The fourth-order valence-electron chi connectivity index (χ4n) is 4.70. The van der Waals surface area contributed by atoms with Gasteiger partial charge in [0.1, 0.15) is 11.4 Å². The first-order valence-corrected chi connectivity index (χ1v) is 11.2. The second-order valence-corrected chi connectivity index (χ2v) is 9.24. The van der Waals surface area contributed by atoms with Crippen molar-refractivity contribution in [2.75, 3.05) is 42.4 Å². The molecule has 2 aliphatic rings. The highest BCUT2D eigenvalue weighted by Crippen LogP contribution is 2.40. The van der Waals surface area contributed by atoms with Crippen LogP contribution in [0.15, 0.2) is 30.5 Å². The van der Waals surface area contributed by atoms with Crippen LogP contribution in [0.2, 0.25) is 0 Å². The Morgan fingerprint density at radius 1 is 1.26 bits per heavy atom. The molecule has 1 aliphatic carbocycles. The monoisotopic (exact) mass is 423 g/mol. The van der Waals surface area contributed by atoms with E-state index in [1.54, 1.807) is 18.2 Å². The van der Waals surface area contributed by atoms with Crippen LogP contribution in [0.4, 0.5) is 17.5 Å². The van der Waals surface area contributed by atoms with Gasteiger partial charge < -0.3 is 19.9 Å². The molecule has 0 radical (unpaired) electrons. The number of carbonyl (C=O) groups excluding carboxylic acids is 1. The Bertz CT molecular complexity index is 939. The topological polar surface area (TPSA) is 70.6 Å². The average Bonchev–Trinajstić information content (AvgIpc) is 3.29.